The molecule has 1 aromatic carbocycles. The molecule has 90 valence electrons. The fraction of sp³-hybridized carbons (Fsp3) is 0.500. The van der Waals surface area contributed by atoms with Crippen LogP contribution in [0.5, 0.6) is 5.75 Å². The molecule has 0 fully saturated rings. The summed E-state index contributed by atoms with van der Waals surface area (Å²) in [6.07, 6.45) is 0. The van der Waals surface area contributed by atoms with Crippen molar-refractivity contribution < 1.29 is 9.47 Å². The molecule has 0 aliphatic heterocycles. The van der Waals surface area contributed by atoms with E-state index in [4.69, 9.17) is 9.47 Å². The smallest absolute Gasteiger partial charge is 0.188 e. The minimum absolute atomic E-state index is 0.116. The first-order valence-corrected chi connectivity index (χ1v) is 6.56. The van der Waals surface area contributed by atoms with Gasteiger partial charge in [-0.25, -0.2) is 0 Å². The lowest BCUT2D eigenvalue weighted by Crippen LogP contribution is -2.11. The Morgan fingerprint density at radius 1 is 1.12 bits per heavy atom. The Labute approximate surface area is 114 Å². The molecule has 0 heterocycles. The van der Waals surface area contributed by atoms with Gasteiger partial charge >= 0.3 is 0 Å². The summed E-state index contributed by atoms with van der Waals surface area (Å²) in [7, 11) is 1.60. The minimum Gasteiger partial charge on any atom is -0.465 e. The highest BCUT2D eigenvalue weighted by molar-refractivity contribution is 9.11. The molecule has 0 radical (unpaired) electrons. The van der Waals surface area contributed by atoms with Crippen LogP contribution in [0.15, 0.2) is 21.1 Å². The molecule has 0 amide bonds. The number of rotatable bonds is 3. The van der Waals surface area contributed by atoms with Crippen molar-refractivity contribution in [2.75, 3.05) is 13.9 Å². The van der Waals surface area contributed by atoms with E-state index in [1.807, 2.05) is 0 Å². The van der Waals surface area contributed by atoms with Gasteiger partial charge in [0.15, 0.2) is 12.5 Å². The molecule has 0 aromatic heterocycles. The van der Waals surface area contributed by atoms with Crippen molar-refractivity contribution in [3.63, 3.8) is 0 Å². The van der Waals surface area contributed by atoms with Crippen molar-refractivity contribution in [1.82, 2.24) is 0 Å². The van der Waals surface area contributed by atoms with E-state index < -0.39 is 0 Å². The Balaban J connectivity index is 3.08. The Bertz CT molecular complexity index is 347. The van der Waals surface area contributed by atoms with E-state index in [2.05, 4.69) is 64.8 Å². The van der Waals surface area contributed by atoms with E-state index in [0.717, 1.165) is 14.7 Å². The molecule has 0 atom stereocenters. The normalized spacial score (nSPS) is 11.6. The summed E-state index contributed by atoms with van der Waals surface area (Å²) < 4.78 is 12.2. The van der Waals surface area contributed by atoms with Gasteiger partial charge in [0.05, 0.1) is 8.95 Å². The lowest BCUT2D eigenvalue weighted by Gasteiger charge is -2.21. The summed E-state index contributed by atoms with van der Waals surface area (Å²) in [4.78, 5) is 0. The maximum Gasteiger partial charge on any atom is 0.188 e. The van der Waals surface area contributed by atoms with Gasteiger partial charge in [0, 0.05) is 7.11 Å². The molecule has 0 aliphatic carbocycles. The van der Waals surface area contributed by atoms with Crippen LogP contribution in [-0.2, 0) is 10.2 Å². The van der Waals surface area contributed by atoms with Crippen molar-refractivity contribution in [2.45, 2.75) is 26.2 Å². The fourth-order valence-electron chi connectivity index (χ4n) is 1.25. The summed E-state index contributed by atoms with van der Waals surface area (Å²) in [5, 5.41) is 0. The third kappa shape index (κ3) is 3.47. The third-order valence-electron chi connectivity index (χ3n) is 2.19. The zero-order chi connectivity index (χ0) is 12.3. The SMILES string of the molecule is COCOc1c(Br)cc(C(C)(C)C)cc1Br. The van der Waals surface area contributed by atoms with Gasteiger partial charge in [-0.1, -0.05) is 20.8 Å². The number of hydrogen-bond donors (Lipinski definition) is 0. The highest BCUT2D eigenvalue weighted by Crippen LogP contribution is 2.38. The van der Waals surface area contributed by atoms with Gasteiger partial charge < -0.3 is 9.47 Å². The van der Waals surface area contributed by atoms with Crippen LogP contribution in [0.3, 0.4) is 0 Å². The molecule has 0 bridgehead atoms. The number of ether oxygens (including phenoxy) is 2. The Hall–Kier alpha value is -0.0600. The number of hydrogen-bond acceptors (Lipinski definition) is 2. The molecule has 4 heteroatoms. The summed E-state index contributed by atoms with van der Waals surface area (Å²) in [5.74, 6) is 0.773. The predicted molar refractivity (Wildman–Crippen MR) is 73.0 cm³/mol. The van der Waals surface area contributed by atoms with Gasteiger partial charge in [-0.2, -0.15) is 0 Å². The first-order chi connectivity index (χ1) is 7.36. The first-order valence-electron chi connectivity index (χ1n) is 4.97. The summed E-state index contributed by atoms with van der Waals surface area (Å²) >= 11 is 7.02. The monoisotopic (exact) mass is 350 g/mol. The van der Waals surface area contributed by atoms with Gasteiger partial charge in [-0.15, -0.1) is 0 Å². The van der Waals surface area contributed by atoms with Crippen molar-refractivity contribution in [3.05, 3.63) is 26.6 Å². The Morgan fingerprint density at radius 2 is 1.62 bits per heavy atom. The zero-order valence-corrected chi connectivity index (χ0v) is 13.1. The quantitative estimate of drug-likeness (QED) is 0.747. The maximum absolute atomic E-state index is 5.47. The van der Waals surface area contributed by atoms with Gasteiger partial charge in [-0.3, -0.25) is 0 Å². The summed E-state index contributed by atoms with van der Waals surface area (Å²) in [6, 6.07) is 4.16. The van der Waals surface area contributed by atoms with Crippen LogP contribution < -0.4 is 4.74 Å². The summed E-state index contributed by atoms with van der Waals surface area (Å²) in [6.45, 7) is 6.77. The molecule has 0 N–H and O–H groups in total. The number of benzene rings is 1. The highest BCUT2D eigenvalue weighted by Gasteiger charge is 2.17. The van der Waals surface area contributed by atoms with Gasteiger partial charge in [0.1, 0.15) is 0 Å². The van der Waals surface area contributed by atoms with Crippen LogP contribution in [0.1, 0.15) is 26.3 Å². The molecular formula is C12H16Br2O2. The van der Waals surface area contributed by atoms with Crippen molar-refractivity contribution in [3.8, 4) is 5.75 Å². The van der Waals surface area contributed by atoms with E-state index in [1.165, 1.54) is 5.56 Å². The molecule has 2 nitrogen and oxygen atoms in total. The van der Waals surface area contributed by atoms with Crippen molar-refractivity contribution >= 4 is 31.9 Å². The molecular weight excluding hydrogens is 336 g/mol. The predicted octanol–water partition coefficient (Wildman–Crippen LogP) is 4.49. The van der Waals surface area contributed by atoms with Gasteiger partial charge in [-0.05, 0) is 55.0 Å². The van der Waals surface area contributed by atoms with Gasteiger partial charge in [0.25, 0.3) is 0 Å². The molecule has 16 heavy (non-hydrogen) atoms. The lowest BCUT2D eigenvalue weighted by molar-refractivity contribution is 0.0500. The zero-order valence-electron chi connectivity index (χ0n) is 9.93. The van der Waals surface area contributed by atoms with Crippen molar-refractivity contribution in [2.24, 2.45) is 0 Å². The third-order valence-corrected chi connectivity index (χ3v) is 3.36. The van der Waals surface area contributed by atoms with Crippen LogP contribution in [-0.4, -0.2) is 13.9 Å². The molecule has 1 rings (SSSR count). The fourth-order valence-corrected chi connectivity index (χ4v) is 2.66. The van der Waals surface area contributed by atoms with E-state index in [-0.39, 0.29) is 12.2 Å². The van der Waals surface area contributed by atoms with E-state index >= 15 is 0 Å². The minimum atomic E-state index is 0.116. The summed E-state index contributed by atoms with van der Waals surface area (Å²) in [5.41, 5.74) is 1.36. The molecule has 0 unspecified atom stereocenters. The number of methoxy groups -OCH3 is 1. The number of halogens is 2. The molecule has 0 spiro atoms. The maximum atomic E-state index is 5.47. The highest BCUT2D eigenvalue weighted by atomic mass is 79.9. The van der Waals surface area contributed by atoms with Crippen LogP contribution in [0.4, 0.5) is 0 Å². The molecule has 1 aromatic rings. The molecule has 0 saturated carbocycles. The van der Waals surface area contributed by atoms with Crippen LogP contribution in [0.2, 0.25) is 0 Å². The Kier molecular flexibility index (Phi) is 4.83. The van der Waals surface area contributed by atoms with Crippen LogP contribution >= 0.6 is 31.9 Å². The Morgan fingerprint density at radius 3 is 2.00 bits per heavy atom. The van der Waals surface area contributed by atoms with E-state index in [9.17, 15) is 0 Å². The second kappa shape index (κ2) is 5.52. The topological polar surface area (TPSA) is 18.5 Å². The average Bonchev–Trinajstić information content (AvgIpc) is 2.15. The van der Waals surface area contributed by atoms with Crippen LogP contribution in [0, 0.1) is 0 Å². The average molecular weight is 352 g/mol. The van der Waals surface area contributed by atoms with Crippen LogP contribution in [0.25, 0.3) is 0 Å². The lowest BCUT2D eigenvalue weighted by atomic mass is 9.87. The second-order valence-electron chi connectivity index (χ2n) is 4.57. The van der Waals surface area contributed by atoms with E-state index in [1.54, 1.807) is 7.11 Å². The standard InChI is InChI=1S/C12H16Br2O2/c1-12(2,3)8-5-9(13)11(10(14)6-8)16-7-15-4/h5-6H,7H2,1-4H3. The molecule has 0 saturated heterocycles. The van der Waals surface area contributed by atoms with E-state index in [0.29, 0.717) is 0 Å². The largest absolute Gasteiger partial charge is 0.465 e. The van der Waals surface area contributed by atoms with Gasteiger partial charge in [0.2, 0.25) is 0 Å². The van der Waals surface area contributed by atoms with Crippen molar-refractivity contribution in [1.29, 1.82) is 0 Å². The first kappa shape index (κ1) is 14.0. The molecule has 0 aliphatic rings. The second-order valence-corrected chi connectivity index (χ2v) is 6.28.